The molecule has 0 bridgehead atoms. The molecule has 0 aliphatic carbocycles. The molecule has 1 saturated heterocycles. The average Bonchev–Trinajstić information content (AvgIpc) is 2.65. The lowest BCUT2D eigenvalue weighted by molar-refractivity contribution is 0.289. The standard InChI is InChI=1S/C15H23NO/c1-17-15-8-6-14(7-9-15)10-13-16-11-4-2-3-5-12-16/h6-9H,2-5,10-13H2,1H3. The first-order chi connectivity index (χ1) is 8.38. The van der Waals surface area contributed by atoms with Gasteiger partial charge in [0.05, 0.1) is 7.11 Å². The van der Waals surface area contributed by atoms with Gasteiger partial charge in [0.25, 0.3) is 0 Å². The zero-order valence-electron chi connectivity index (χ0n) is 10.8. The van der Waals surface area contributed by atoms with Gasteiger partial charge in [-0.1, -0.05) is 25.0 Å². The molecule has 0 atom stereocenters. The van der Waals surface area contributed by atoms with Crippen LogP contribution in [0, 0.1) is 0 Å². The Morgan fingerprint density at radius 1 is 1.00 bits per heavy atom. The van der Waals surface area contributed by atoms with Crippen LogP contribution in [0.5, 0.6) is 5.75 Å². The normalized spacial score (nSPS) is 17.7. The van der Waals surface area contributed by atoms with E-state index in [4.69, 9.17) is 4.74 Å². The van der Waals surface area contributed by atoms with E-state index >= 15 is 0 Å². The average molecular weight is 233 g/mol. The van der Waals surface area contributed by atoms with E-state index in [0.29, 0.717) is 0 Å². The Labute approximate surface area is 105 Å². The smallest absolute Gasteiger partial charge is 0.118 e. The van der Waals surface area contributed by atoms with Crippen LogP contribution in [-0.2, 0) is 6.42 Å². The van der Waals surface area contributed by atoms with E-state index in [1.165, 1.54) is 50.9 Å². The fourth-order valence-corrected chi connectivity index (χ4v) is 2.44. The summed E-state index contributed by atoms with van der Waals surface area (Å²) in [5.41, 5.74) is 1.41. The molecule has 1 aliphatic rings. The number of methoxy groups -OCH3 is 1. The van der Waals surface area contributed by atoms with Gasteiger partial charge in [0.2, 0.25) is 0 Å². The Balaban J connectivity index is 1.79. The van der Waals surface area contributed by atoms with Crippen LogP contribution < -0.4 is 4.74 Å². The lowest BCUT2D eigenvalue weighted by Crippen LogP contribution is -2.26. The SMILES string of the molecule is COc1ccc(CCN2CCCCCC2)cc1. The zero-order chi connectivity index (χ0) is 11.9. The second-order valence-electron chi connectivity index (χ2n) is 4.85. The van der Waals surface area contributed by atoms with Crippen LogP contribution in [0.2, 0.25) is 0 Å². The molecule has 17 heavy (non-hydrogen) atoms. The molecule has 1 aromatic carbocycles. The number of hydrogen-bond acceptors (Lipinski definition) is 2. The van der Waals surface area contributed by atoms with Crippen LogP contribution in [0.1, 0.15) is 31.2 Å². The minimum atomic E-state index is 0.948. The number of nitrogens with zero attached hydrogens (tertiary/aromatic N) is 1. The summed E-state index contributed by atoms with van der Waals surface area (Å²) in [4.78, 5) is 2.61. The van der Waals surface area contributed by atoms with Crippen LogP contribution in [-0.4, -0.2) is 31.6 Å². The maximum atomic E-state index is 5.17. The third-order valence-electron chi connectivity index (χ3n) is 3.57. The second kappa shape index (κ2) is 6.65. The van der Waals surface area contributed by atoms with Gasteiger partial charge in [0, 0.05) is 6.54 Å². The lowest BCUT2D eigenvalue weighted by Gasteiger charge is -2.19. The Kier molecular flexibility index (Phi) is 4.87. The molecule has 0 aromatic heterocycles. The quantitative estimate of drug-likeness (QED) is 0.792. The monoisotopic (exact) mass is 233 g/mol. The molecule has 0 N–H and O–H groups in total. The molecule has 1 aliphatic heterocycles. The summed E-state index contributed by atoms with van der Waals surface area (Å²) in [7, 11) is 1.71. The molecule has 94 valence electrons. The van der Waals surface area contributed by atoms with Crippen molar-refractivity contribution in [3.05, 3.63) is 29.8 Å². The van der Waals surface area contributed by atoms with Gasteiger partial charge in [-0.3, -0.25) is 0 Å². The van der Waals surface area contributed by atoms with E-state index in [0.717, 1.165) is 12.2 Å². The Morgan fingerprint density at radius 2 is 1.65 bits per heavy atom. The van der Waals surface area contributed by atoms with Crippen LogP contribution in [0.15, 0.2) is 24.3 Å². The van der Waals surface area contributed by atoms with Crippen molar-refractivity contribution in [2.45, 2.75) is 32.1 Å². The minimum absolute atomic E-state index is 0.948. The third kappa shape index (κ3) is 4.04. The van der Waals surface area contributed by atoms with Crippen LogP contribution in [0.3, 0.4) is 0 Å². The number of hydrogen-bond donors (Lipinski definition) is 0. The summed E-state index contributed by atoms with van der Waals surface area (Å²) in [6.07, 6.45) is 6.74. The molecule has 2 nitrogen and oxygen atoms in total. The molecule has 1 fully saturated rings. The minimum Gasteiger partial charge on any atom is -0.497 e. The largest absolute Gasteiger partial charge is 0.497 e. The second-order valence-corrected chi connectivity index (χ2v) is 4.85. The van der Waals surface area contributed by atoms with Crippen molar-refractivity contribution < 1.29 is 4.74 Å². The van der Waals surface area contributed by atoms with Crippen molar-refractivity contribution in [3.8, 4) is 5.75 Å². The maximum absolute atomic E-state index is 5.17. The van der Waals surface area contributed by atoms with E-state index in [1.54, 1.807) is 7.11 Å². The van der Waals surface area contributed by atoms with Crippen molar-refractivity contribution >= 4 is 0 Å². The van der Waals surface area contributed by atoms with Crippen LogP contribution in [0.4, 0.5) is 0 Å². The number of benzene rings is 1. The first kappa shape index (κ1) is 12.4. The van der Waals surface area contributed by atoms with E-state index in [2.05, 4.69) is 29.2 Å². The fourth-order valence-electron chi connectivity index (χ4n) is 2.44. The molecule has 0 saturated carbocycles. The Morgan fingerprint density at radius 3 is 2.24 bits per heavy atom. The first-order valence-electron chi connectivity index (χ1n) is 6.74. The topological polar surface area (TPSA) is 12.5 Å². The summed E-state index contributed by atoms with van der Waals surface area (Å²) in [6, 6.07) is 8.46. The highest BCUT2D eigenvalue weighted by Crippen LogP contribution is 2.13. The van der Waals surface area contributed by atoms with Gasteiger partial charge in [-0.05, 0) is 50.0 Å². The highest BCUT2D eigenvalue weighted by atomic mass is 16.5. The summed E-state index contributed by atoms with van der Waals surface area (Å²) >= 11 is 0. The summed E-state index contributed by atoms with van der Waals surface area (Å²) in [5, 5.41) is 0. The fraction of sp³-hybridized carbons (Fsp3) is 0.600. The molecule has 1 heterocycles. The molecule has 0 spiro atoms. The van der Waals surface area contributed by atoms with Crippen LogP contribution >= 0.6 is 0 Å². The van der Waals surface area contributed by atoms with Crippen molar-refractivity contribution in [3.63, 3.8) is 0 Å². The highest BCUT2D eigenvalue weighted by Gasteiger charge is 2.08. The number of ether oxygens (including phenoxy) is 1. The Hall–Kier alpha value is -1.02. The van der Waals surface area contributed by atoms with Gasteiger partial charge in [0.1, 0.15) is 5.75 Å². The van der Waals surface area contributed by atoms with Crippen molar-refractivity contribution in [2.24, 2.45) is 0 Å². The van der Waals surface area contributed by atoms with Gasteiger partial charge in [-0.25, -0.2) is 0 Å². The molecule has 0 unspecified atom stereocenters. The van der Waals surface area contributed by atoms with Gasteiger partial charge >= 0.3 is 0 Å². The summed E-state index contributed by atoms with van der Waals surface area (Å²) < 4.78 is 5.17. The van der Waals surface area contributed by atoms with Crippen molar-refractivity contribution in [2.75, 3.05) is 26.7 Å². The number of rotatable bonds is 4. The van der Waals surface area contributed by atoms with E-state index in [9.17, 15) is 0 Å². The Bertz CT molecular complexity index is 312. The van der Waals surface area contributed by atoms with Crippen molar-refractivity contribution in [1.82, 2.24) is 4.90 Å². The van der Waals surface area contributed by atoms with E-state index in [-0.39, 0.29) is 0 Å². The molecule has 0 amide bonds. The first-order valence-corrected chi connectivity index (χ1v) is 6.74. The summed E-state index contributed by atoms with van der Waals surface area (Å²) in [6.45, 7) is 3.78. The third-order valence-corrected chi connectivity index (χ3v) is 3.57. The van der Waals surface area contributed by atoms with E-state index in [1.807, 2.05) is 0 Å². The molecule has 2 rings (SSSR count). The lowest BCUT2D eigenvalue weighted by atomic mass is 10.1. The maximum Gasteiger partial charge on any atom is 0.118 e. The predicted octanol–water partition coefficient (Wildman–Crippen LogP) is 3.11. The van der Waals surface area contributed by atoms with Crippen molar-refractivity contribution in [1.29, 1.82) is 0 Å². The number of likely N-dealkylation sites (tertiary alicyclic amines) is 1. The van der Waals surface area contributed by atoms with E-state index < -0.39 is 0 Å². The van der Waals surface area contributed by atoms with Gasteiger partial charge in [-0.15, -0.1) is 0 Å². The van der Waals surface area contributed by atoms with Crippen LogP contribution in [0.25, 0.3) is 0 Å². The van der Waals surface area contributed by atoms with Gasteiger partial charge < -0.3 is 9.64 Å². The molecule has 0 radical (unpaired) electrons. The zero-order valence-corrected chi connectivity index (χ0v) is 10.8. The highest BCUT2D eigenvalue weighted by molar-refractivity contribution is 5.27. The summed E-state index contributed by atoms with van der Waals surface area (Å²) in [5.74, 6) is 0.948. The molecule has 2 heteroatoms. The molecule has 1 aromatic rings. The predicted molar refractivity (Wildman–Crippen MR) is 71.6 cm³/mol. The molecular formula is C15H23NO. The molecular weight excluding hydrogens is 210 g/mol. The van der Waals surface area contributed by atoms with Gasteiger partial charge in [-0.2, -0.15) is 0 Å². The van der Waals surface area contributed by atoms with Gasteiger partial charge in [0.15, 0.2) is 0 Å².